The van der Waals surface area contributed by atoms with Crippen LogP contribution in [0, 0.1) is 6.92 Å². The molecule has 0 amide bonds. The second-order valence-corrected chi connectivity index (χ2v) is 9.15. The van der Waals surface area contributed by atoms with E-state index in [1.54, 1.807) is 30.9 Å². The lowest BCUT2D eigenvalue weighted by Gasteiger charge is -2.25. The molecule has 1 aliphatic carbocycles. The number of hydrogen-bond donors (Lipinski definition) is 2. The van der Waals surface area contributed by atoms with E-state index in [0.29, 0.717) is 24.3 Å². The molecule has 192 valence electrons. The first-order chi connectivity index (χ1) is 17.4. The summed E-state index contributed by atoms with van der Waals surface area (Å²) in [5.74, 6) is 1.49. The van der Waals surface area contributed by atoms with Gasteiger partial charge in [0.1, 0.15) is 6.54 Å². The highest BCUT2D eigenvalue weighted by Gasteiger charge is 2.26. The number of aliphatic hydroxyl groups excluding tert-OH is 1. The number of alkyl halides is 2. The van der Waals surface area contributed by atoms with Crippen molar-refractivity contribution in [1.82, 2.24) is 34.6 Å². The Labute approximate surface area is 205 Å². The SMILES string of the molecule is Cc1nnc(Cn2cc(-c3cc(C4CCC(O)CC4)n4nc(N[C@@H](C)COC(F)F)ncc34)cn2)o1. The molecule has 0 radical (unpaired) electrons. The molecule has 0 aliphatic heterocycles. The second-order valence-electron chi connectivity index (χ2n) is 9.15. The Morgan fingerprint density at radius 2 is 2.03 bits per heavy atom. The zero-order valence-electron chi connectivity index (χ0n) is 20.0. The minimum Gasteiger partial charge on any atom is -0.424 e. The molecule has 1 aliphatic rings. The Kier molecular flexibility index (Phi) is 6.92. The van der Waals surface area contributed by atoms with E-state index in [2.05, 4.69) is 41.5 Å². The average molecular weight is 503 g/mol. The van der Waals surface area contributed by atoms with Gasteiger partial charge < -0.3 is 19.6 Å². The Hall–Kier alpha value is -3.45. The van der Waals surface area contributed by atoms with E-state index in [1.807, 2.05) is 10.7 Å². The predicted molar refractivity (Wildman–Crippen MR) is 125 cm³/mol. The number of fused-ring (bicyclic) bond motifs is 1. The van der Waals surface area contributed by atoms with Gasteiger partial charge in [-0.25, -0.2) is 9.50 Å². The van der Waals surface area contributed by atoms with Crippen LogP contribution in [-0.2, 0) is 11.3 Å². The normalized spacial score (nSPS) is 19.3. The Balaban J connectivity index is 1.46. The van der Waals surface area contributed by atoms with Gasteiger partial charge >= 0.3 is 6.61 Å². The predicted octanol–water partition coefficient (Wildman–Crippen LogP) is 3.39. The molecule has 36 heavy (non-hydrogen) atoms. The summed E-state index contributed by atoms with van der Waals surface area (Å²) < 4.78 is 38.2. The highest BCUT2D eigenvalue weighted by Crippen LogP contribution is 2.37. The number of nitrogens with one attached hydrogen (secondary N) is 1. The minimum absolute atomic E-state index is 0.178. The standard InChI is InChI=1S/C23H28F2N8O3/c1-13(12-35-22(24)25)28-23-26-9-20-18(7-19(33(20)31-23)15-3-5-17(34)6-4-15)16-8-27-32(10-16)11-21-30-29-14(2)36-21/h7-10,13,15,17,22,34H,3-6,11-12H2,1-2H3,(H,28,31)/t13-,15?,17?/m0/s1. The number of rotatable bonds is 9. The highest BCUT2D eigenvalue weighted by molar-refractivity contribution is 5.81. The monoisotopic (exact) mass is 502 g/mol. The van der Waals surface area contributed by atoms with E-state index in [-0.39, 0.29) is 18.6 Å². The number of aliphatic hydroxyl groups is 1. The lowest BCUT2D eigenvalue weighted by Crippen LogP contribution is -2.25. The molecule has 0 bridgehead atoms. The van der Waals surface area contributed by atoms with Crippen LogP contribution in [0.15, 0.2) is 29.1 Å². The fraction of sp³-hybridized carbons (Fsp3) is 0.522. The molecule has 1 fully saturated rings. The molecule has 0 saturated heterocycles. The zero-order chi connectivity index (χ0) is 25.2. The van der Waals surface area contributed by atoms with Crippen LogP contribution in [0.4, 0.5) is 14.7 Å². The maximum atomic E-state index is 12.4. The van der Waals surface area contributed by atoms with Crippen molar-refractivity contribution in [3.63, 3.8) is 0 Å². The van der Waals surface area contributed by atoms with E-state index in [0.717, 1.165) is 48.0 Å². The minimum atomic E-state index is -2.83. The maximum Gasteiger partial charge on any atom is 0.345 e. The van der Waals surface area contributed by atoms with Gasteiger partial charge in [-0.15, -0.1) is 15.3 Å². The summed E-state index contributed by atoms with van der Waals surface area (Å²) in [6, 6.07) is 1.68. The highest BCUT2D eigenvalue weighted by atomic mass is 19.3. The fourth-order valence-corrected chi connectivity index (χ4v) is 4.58. The number of ether oxygens (including phenoxy) is 1. The lowest BCUT2D eigenvalue weighted by molar-refractivity contribution is -0.130. The van der Waals surface area contributed by atoms with Crippen molar-refractivity contribution in [3.05, 3.63) is 42.1 Å². The summed E-state index contributed by atoms with van der Waals surface area (Å²) in [5.41, 5.74) is 3.61. The Morgan fingerprint density at radius 3 is 2.75 bits per heavy atom. The number of anilines is 1. The van der Waals surface area contributed by atoms with Crippen LogP contribution in [0.2, 0.25) is 0 Å². The van der Waals surface area contributed by atoms with Gasteiger partial charge in [-0.2, -0.15) is 13.9 Å². The van der Waals surface area contributed by atoms with Gasteiger partial charge in [-0.05, 0) is 38.7 Å². The van der Waals surface area contributed by atoms with Gasteiger partial charge in [0, 0.05) is 41.9 Å². The number of halogens is 2. The quantitative estimate of drug-likeness (QED) is 0.354. The molecule has 2 N–H and O–H groups in total. The summed E-state index contributed by atoms with van der Waals surface area (Å²) in [6.45, 7) is 0.799. The number of aromatic nitrogens is 7. The number of hydrogen-bond acceptors (Lipinski definition) is 9. The molecular formula is C23H28F2N8O3. The van der Waals surface area contributed by atoms with E-state index in [4.69, 9.17) is 4.42 Å². The van der Waals surface area contributed by atoms with Crippen LogP contribution in [0.25, 0.3) is 16.6 Å². The first-order valence-electron chi connectivity index (χ1n) is 11.9. The first-order valence-corrected chi connectivity index (χ1v) is 11.9. The van der Waals surface area contributed by atoms with Crippen molar-refractivity contribution in [2.24, 2.45) is 0 Å². The van der Waals surface area contributed by atoms with E-state index < -0.39 is 12.7 Å². The van der Waals surface area contributed by atoms with Crippen LogP contribution >= 0.6 is 0 Å². The van der Waals surface area contributed by atoms with Crippen LogP contribution in [0.5, 0.6) is 0 Å². The molecule has 0 aromatic carbocycles. The molecule has 5 rings (SSSR count). The molecule has 4 aromatic rings. The van der Waals surface area contributed by atoms with Gasteiger partial charge in [-0.1, -0.05) is 0 Å². The molecule has 4 heterocycles. The molecule has 1 saturated carbocycles. The van der Waals surface area contributed by atoms with Crippen LogP contribution < -0.4 is 5.32 Å². The second kappa shape index (κ2) is 10.3. The number of nitrogens with zero attached hydrogens (tertiary/aromatic N) is 7. The molecule has 0 spiro atoms. The molecule has 4 aromatic heterocycles. The Morgan fingerprint density at radius 1 is 1.22 bits per heavy atom. The topological polar surface area (TPSA) is 128 Å². The van der Waals surface area contributed by atoms with E-state index >= 15 is 0 Å². The number of aryl methyl sites for hydroxylation is 1. The van der Waals surface area contributed by atoms with Gasteiger partial charge in [0.25, 0.3) is 0 Å². The third-order valence-corrected chi connectivity index (χ3v) is 6.32. The molecular weight excluding hydrogens is 474 g/mol. The van der Waals surface area contributed by atoms with Crippen LogP contribution in [0.3, 0.4) is 0 Å². The van der Waals surface area contributed by atoms with Gasteiger partial charge in [0.05, 0.1) is 30.6 Å². The molecule has 11 nitrogen and oxygen atoms in total. The third kappa shape index (κ3) is 5.36. The lowest BCUT2D eigenvalue weighted by atomic mass is 9.85. The van der Waals surface area contributed by atoms with Crippen molar-refractivity contribution >= 4 is 11.5 Å². The smallest absolute Gasteiger partial charge is 0.345 e. The van der Waals surface area contributed by atoms with Crippen LogP contribution in [-0.4, -0.2) is 65.0 Å². The van der Waals surface area contributed by atoms with E-state index in [1.165, 1.54) is 0 Å². The fourth-order valence-electron chi connectivity index (χ4n) is 4.58. The maximum absolute atomic E-state index is 12.4. The summed E-state index contributed by atoms with van der Waals surface area (Å²) in [5, 5.41) is 30.0. The van der Waals surface area contributed by atoms with Gasteiger partial charge in [-0.3, -0.25) is 4.68 Å². The van der Waals surface area contributed by atoms with Crippen molar-refractivity contribution in [2.45, 2.75) is 70.8 Å². The van der Waals surface area contributed by atoms with Crippen molar-refractivity contribution in [1.29, 1.82) is 0 Å². The molecule has 1 atom stereocenters. The van der Waals surface area contributed by atoms with Crippen molar-refractivity contribution in [3.8, 4) is 11.1 Å². The Bertz CT molecular complexity index is 1310. The summed E-state index contributed by atoms with van der Waals surface area (Å²) in [6.07, 6.45) is 8.25. The van der Waals surface area contributed by atoms with Gasteiger partial charge in [0.2, 0.25) is 17.7 Å². The van der Waals surface area contributed by atoms with E-state index in [9.17, 15) is 13.9 Å². The summed E-state index contributed by atoms with van der Waals surface area (Å²) >= 11 is 0. The third-order valence-electron chi connectivity index (χ3n) is 6.32. The van der Waals surface area contributed by atoms with Crippen LogP contribution in [0.1, 0.15) is 56.0 Å². The summed E-state index contributed by atoms with van der Waals surface area (Å²) in [4.78, 5) is 4.42. The first kappa shape index (κ1) is 24.3. The zero-order valence-corrected chi connectivity index (χ0v) is 20.0. The van der Waals surface area contributed by atoms with Gasteiger partial charge in [0.15, 0.2) is 0 Å². The van der Waals surface area contributed by atoms with Crippen molar-refractivity contribution in [2.75, 3.05) is 11.9 Å². The largest absolute Gasteiger partial charge is 0.424 e. The molecule has 13 heteroatoms. The summed E-state index contributed by atoms with van der Waals surface area (Å²) in [7, 11) is 0. The average Bonchev–Trinajstić information content (AvgIpc) is 3.57. The molecule has 0 unspecified atom stereocenters. The van der Waals surface area contributed by atoms with Crippen molar-refractivity contribution < 1.29 is 23.0 Å².